The first-order valence-electron chi connectivity index (χ1n) is 8.67. The summed E-state index contributed by atoms with van der Waals surface area (Å²) in [5.41, 5.74) is 1.71. The molecule has 144 valence electrons. The second kappa shape index (κ2) is 10.3. The van der Waals surface area contributed by atoms with E-state index in [1.54, 1.807) is 23.1 Å². The maximum atomic E-state index is 12.6. The van der Waals surface area contributed by atoms with Crippen LogP contribution < -0.4 is 9.47 Å². The predicted octanol–water partition coefficient (Wildman–Crippen LogP) is 4.75. The number of carbonyl (C=O) groups is 1. The van der Waals surface area contributed by atoms with E-state index in [1.165, 1.54) is 19.3 Å². The van der Waals surface area contributed by atoms with Gasteiger partial charge in [-0.2, -0.15) is 8.78 Å². The highest BCUT2D eigenvalue weighted by Crippen LogP contribution is 2.29. The first-order chi connectivity index (χ1) is 13.0. The van der Waals surface area contributed by atoms with E-state index in [2.05, 4.69) is 4.74 Å². The Morgan fingerprint density at radius 2 is 1.89 bits per heavy atom. The second-order valence-corrected chi connectivity index (χ2v) is 5.87. The summed E-state index contributed by atoms with van der Waals surface area (Å²) in [6, 6.07) is 14.3. The van der Waals surface area contributed by atoms with Crippen LogP contribution in [0.1, 0.15) is 24.5 Å². The highest BCUT2D eigenvalue weighted by molar-refractivity contribution is 5.91. The van der Waals surface area contributed by atoms with Crippen molar-refractivity contribution in [2.45, 2.75) is 26.5 Å². The minimum atomic E-state index is -2.93. The Bertz CT molecular complexity index is 763. The summed E-state index contributed by atoms with van der Waals surface area (Å²) in [6.07, 6.45) is 3.95. The Morgan fingerprint density at radius 1 is 1.15 bits per heavy atom. The van der Waals surface area contributed by atoms with Crippen molar-refractivity contribution in [3.63, 3.8) is 0 Å². The number of nitrogens with zero attached hydrogens (tertiary/aromatic N) is 1. The molecule has 0 unspecified atom stereocenters. The van der Waals surface area contributed by atoms with Gasteiger partial charge in [0.05, 0.1) is 7.11 Å². The number of halogens is 2. The molecule has 0 saturated heterocycles. The molecule has 0 aliphatic rings. The molecule has 6 heteroatoms. The van der Waals surface area contributed by atoms with Crippen molar-refractivity contribution in [1.82, 2.24) is 4.90 Å². The lowest BCUT2D eigenvalue weighted by atomic mass is 10.1. The molecule has 0 fully saturated rings. The van der Waals surface area contributed by atoms with Crippen LogP contribution in [-0.4, -0.2) is 31.1 Å². The van der Waals surface area contributed by atoms with E-state index < -0.39 is 6.61 Å². The minimum Gasteiger partial charge on any atom is -0.493 e. The molecule has 0 aliphatic heterocycles. The molecular weight excluding hydrogens is 352 g/mol. The smallest absolute Gasteiger partial charge is 0.387 e. The Hall–Kier alpha value is -2.89. The van der Waals surface area contributed by atoms with Gasteiger partial charge in [-0.1, -0.05) is 43.3 Å². The molecule has 27 heavy (non-hydrogen) atoms. The van der Waals surface area contributed by atoms with Crippen LogP contribution in [0.3, 0.4) is 0 Å². The molecule has 0 saturated carbocycles. The van der Waals surface area contributed by atoms with E-state index in [0.717, 1.165) is 12.0 Å². The topological polar surface area (TPSA) is 38.8 Å². The van der Waals surface area contributed by atoms with Crippen molar-refractivity contribution in [3.05, 3.63) is 65.7 Å². The second-order valence-electron chi connectivity index (χ2n) is 5.87. The average molecular weight is 375 g/mol. The van der Waals surface area contributed by atoms with Crippen LogP contribution in [0.2, 0.25) is 0 Å². The van der Waals surface area contributed by atoms with Gasteiger partial charge in [0.1, 0.15) is 0 Å². The van der Waals surface area contributed by atoms with Gasteiger partial charge in [-0.15, -0.1) is 0 Å². The number of carbonyl (C=O) groups excluding carboxylic acids is 1. The van der Waals surface area contributed by atoms with Crippen molar-refractivity contribution >= 4 is 12.0 Å². The summed E-state index contributed by atoms with van der Waals surface area (Å²) in [5.74, 6) is 0.0137. The fraction of sp³-hybridized carbons (Fsp3) is 0.286. The third kappa shape index (κ3) is 6.40. The molecule has 0 heterocycles. The van der Waals surface area contributed by atoms with Gasteiger partial charge >= 0.3 is 6.61 Å². The van der Waals surface area contributed by atoms with Crippen molar-refractivity contribution < 1.29 is 23.0 Å². The lowest BCUT2D eigenvalue weighted by molar-refractivity contribution is -0.126. The van der Waals surface area contributed by atoms with Crippen LogP contribution in [0.15, 0.2) is 54.6 Å². The fourth-order valence-electron chi connectivity index (χ4n) is 2.60. The van der Waals surface area contributed by atoms with Crippen LogP contribution in [0.25, 0.3) is 6.08 Å². The van der Waals surface area contributed by atoms with Crippen molar-refractivity contribution in [1.29, 1.82) is 0 Å². The maximum absolute atomic E-state index is 12.6. The summed E-state index contributed by atoms with van der Waals surface area (Å²) >= 11 is 0. The number of rotatable bonds is 9. The van der Waals surface area contributed by atoms with E-state index in [1.807, 2.05) is 37.3 Å². The van der Waals surface area contributed by atoms with Crippen molar-refractivity contribution in [3.8, 4) is 11.5 Å². The lowest BCUT2D eigenvalue weighted by Crippen LogP contribution is -2.29. The molecule has 0 atom stereocenters. The zero-order valence-electron chi connectivity index (χ0n) is 15.4. The third-order valence-corrected chi connectivity index (χ3v) is 3.84. The van der Waals surface area contributed by atoms with E-state index in [9.17, 15) is 13.6 Å². The average Bonchev–Trinajstić information content (AvgIpc) is 2.67. The van der Waals surface area contributed by atoms with E-state index in [4.69, 9.17) is 4.74 Å². The summed E-state index contributed by atoms with van der Waals surface area (Å²) in [7, 11) is 1.37. The standard InChI is InChI=1S/C21H23F2NO3/c1-3-13-24(15-17-7-5-4-6-8-17)20(25)12-10-16-9-11-18(27-21(22)23)19(14-16)26-2/h4-12,14,21H,3,13,15H2,1-2H3/b12-10+. The first-order valence-corrected chi connectivity index (χ1v) is 8.67. The molecule has 0 radical (unpaired) electrons. The SMILES string of the molecule is CCCN(Cc1ccccc1)C(=O)/C=C/c1ccc(OC(F)F)c(OC)c1. The molecule has 2 aromatic rings. The number of hydrogen-bond donors (Lipinski definition) is 0. The van der Waals surface area contributed by atoms with Crippen LogP contribution in [0, 0.1) is 0 Å². The molecule has 0 N–H and O–H groups in total. The van der Waals surface area contributed by atoms with E-state index in [0.29, 0.717) is 18.7 Å². The van der Waals surface area contributed by atoms with Gasteiger partial charge in [0.2, 0.25) is 5.91 Å². The van der Waals surface area contributed by atoms with Crippen LogP contribution in [-0.2, 0) is 11.3 Å². The minimum absolute atomic E-state index is 0.0485. The molecule has 1 amide bonds. The number of benzene rings is 2. The summed E-state index contributed by atoms with van der Waals surface area (Å²) in [6.45, 7) is 0.259. The quantitative estimate of drug-likeness (QED) is 0.594. The normalized spacial score (nSPS) is 11.0. The highest BCUT2D eigenvalue weighted by atomic mass is 19.3. The summed E-state index contributed by atoms with van der Waals surface area (Å²) in [4.78, 5) is 14.3. The van der Waals surface area contributed by atoms with Crippen molar-refractivity contribution in [2.24, 2.45) is 0 Å². The van der Waals surface area contributed by atoms with E-state index in [-0.39, 0.29) is 17.4 Å². The Morgan fingerprint density at radius 3 is 2.52 bits per heavy atom. The van der Waals surface area contributed by atoms with Crippen LogP contribution in [0.4, 0.5) is 8.78 Å². The lowest BCUT2D eigenvalue weighted by Gasteiger charge is -2.20. The maximum Gasteiger partial charge on any atom is 0.387 e. The number of alkyl halides is 2. The molecule has 0 bridgehead atoms. The van der Waals surface area contributed by atoms with Crippen LogP contribution >= 0.6 is 0 Å². The predicted molar refractivity (Wildman–Crippen MR) is 101 cm³/mol. The number of methoxy groups -OCH3 is 1. The molecule has 0 spiro atoms. The van der Waals surface area contributed by atoms with Gasteiger partial charge < -0.3 is 14.4 Å². The molecule has 0 aliphatic carbocycles. The fourth-order valence-corrected chi connectivity index (χ4v) is 2.60. The van der Waals surface area contributed by atoms with Gasteiger partial charge in [0, 0.05) is 19.2 Å². The van der Waals surface area contributed by atoms with Gasteiger partial charge in [0.15, 0.2) is 11.5 Å². The van der Waals surface area contributed by atoms with Crippen LogP contribution in [0.5, 0.6) is 11.5 Å². The highest BCUT2D eigenvalue weighted by Gasteiger charge is 2.12. The summed E-state index contributed by atoms with van der Waals surface area (Å²) < 4.78 is 34.2. The van der Waals surface area contributed by atoms with Crippen molar-refractivity contribution in [2.75, 3.05) is 13.7 Å². The molecule has 0 aromatic heterocycles. The number of hydrogen-bond acceptors (Lipinski definition) is 3. The zero-order chi connectivity index (χ0) is 19.6. The zero-order valence-corrected chi connectivity index (χ0v) is 15.4. The number of amides is 1. The van der Waals surface area contributed by atoms with Gasteiger partial charge in [0.25, 0.3) is 0 Å². The monoisotopic (exact) mass is 375 g/mol. The molecule has 2 aromatic carbocycles. The molecule has 2 rings (SSSR count). The number of ether oxygens (including phenoxy) is 2. The van der Waals surface area contributed by atoms with Gasteiger partial charge in [-0.05, 0) is 35.8 Å². The molecular formula is C21H23F2NO3. The largest absolute Gasteiger partial charge is 0.493 e. The third-order valence-electron chi connectivity index (χ3n) is 3.84. The summed E-state index contributed by atoms with van der Waals surface area (Å²) in [5, 5.41) is 0. The van der Waals surface area contributed by atoms with E-state index >= 15 is 0 Å². The Labute approximate surface area is 158 Å². The first kappa shape index (κ1) is 20.4. The van der Waals surface area contributed by atoms with Gasteiger partial charge in [-0.3, -0.25) is 4.79 Å². The molecule has 4 nitrogen and oxygen atoms in total. The Balaban J connectivity index is 2.10. The Kier molecular flexibility index (Phi) is 7.79. The van der Waals surface area contributed by atoms with Gasteiger partial charge in [-0.25, -0.2) is 0 Å².